The van der Waals surface area contributed by atoms with Crippen LogP contribution in [0.4, 0.5) is 5.69 Å². The maximum Gasteiger partial charge on any atom is 0.227 e. The lowest BCUT2D eigenvalue weighted by atomic mass is 10.0. The lowest BCUT2D eigenvalue weighted by molar-refractivity contribution is -0.130. The molecular weight excluding hydrogens is 364 g/mol. The van der Waals surface area contributed by atoms with Gasteiger partial charge in [-0.25, -0.2) is 0 Å². The highest BCUT2D eigenvalue weighted by atomic mass is 35.5. The van der Waals surface area contributed by atoms with Crippen molar-refractivity contribution in [2.75, 3.05) is 50.7 Å². The number of benzene rings is 1. The number of likely N-dealkylation sites (tertiary alicyclic amines) is 1. The van der Waals surface area contributed by atoms with Crippen molar-refractivity contribution >= 4 is 29.9 Å². The van der Waals surface area contributed by atoms with Crippen LogP contribution in [0.15, 0.2) is 24.3 Å². The van der Waals surface area contributed by atoms with E-state index in [0.717, 1.165) is 57.8 Å². The molecule has 1 unspecified atom stereocenters. The second kappa shape index (κ2) is 9.04. The van der Waals surface area contributed by atoms with E-state index in [-0.39, 0.29) is 24.2 Å². The Labute approximate surface area is 167 Å². The summed E-state index contributed by atoms with van der Waals surface area (Å²) in [5.41, 5.74) is 2.19. The van der Waals surface area contributed by atoms with Crippen LogP contribution in [-0.4, -0.2) is 73.5 Å². The molecule has 4 rings (SSSR count). The largest absolute Gasteiger partial charge is 0.341 e. The zero-order valence-corrected chi connectivity index (χ0v) is 16.5. The number of fused-ring (bicyclic) bond motifs is 1. The molecule has 1 atom stereocenters. The van der Waals surface area contributed by atoms with E-state index >= 15 is 0 Å². The number of hydrogen-bond acceptors (Lipinski definition) is 4. The van der Waals surface area contributed by atoms with Crippen molar-refractivity contribution in [1.82, 2.24) is 15.1 Å². The van der Waals surface area contributed by atoms with E-state index in [4.69, 9.17) is 0 Å². The molecule has 0 aliphatic carbocycles. The number of nitrogens with zero attached hydrogens (tertiary/aromatic N) is 3. The number of halogens is 1. The van der Waals surface area contributed by atoms with Crippen LogP contribution in [-0.2, 0) is 16.0 Å². The molecule has 2 saturated heterocycles. The number of anilines is 1. The zero-order valence-electron chi connectivity index (χ0n) is 15.7. The van der Waals surface area contributed by atoms with Gasteiger partial charge in [0.05, 0.1) is 0 Å². The number of amides is 2. The molecule has 7 heteroatoms. The minimum absolute atomic E-state index is 0. The third-order valence-electron chi connectivity index (χ3n) is 5.93. The molecule has 1 aromatic carbocycles. The molecule has 0 saturated carbocycles. The van der Waals surface area contributed by atoms with Crippen molar-refractivity contribution in [3.63, 3.8) is 0 Å². The van der Waals surface area contributed by atoms with Gasteiger partial charge in [-0.15, -0.1) is 12.4 Å². The summed E-state index contributed by atoms with van der Waals surface area (Å²) in [4.78, 5) is 31.3. The molecule has 148 valence electrons. The summed E-state index contributed by atoms with van der Waals surface area (Å²) in [7, 11) is 0. The molecule has 1 N–H and O–H groups in total. The Morgan fingerprint density at radius 1 is 1.11 bits per heavy atom. The summed E-state index contributed by atoms with van der Waals surface area (Å²) in [5.74, 6) is 0.315. The Kier molecular flexibility index (Phi) is 6.73. The highest BCUT2D eigenvalue weighted by Gasteiger charge is 2.31. The van der Waals surface area contributed by atoms with E-state index in [9.17, 15) is 9.59 Å². The van der Waals surface area contributed by atoms with Gasteiger partial charge in [0.2, 0.25) is 11.8 Å². The molecule has 0 spiro atoms. The van der Waals surface area contributed by atoms with Gasteiger partial charge in [0.15, 0.2) is 0 Å². The Hall–Kier alpha value is -1.63. The first-order valence-corrected chi connectivity index (χ1v) is 9.83. The summed E-state index contributed by atoms with van der Waals surface area (Å²) >= 11 is 0. The van der Waals surface area contributed by atoms with Crippen molar-refractivity contribution in [1.29, 1.82) is 0 Å². The van der Waals surface area contributed by atoms with E-state index in [1.165, 1.54) is 5.56 Å². The number of para-hydroxylation sites is 1. The van der Waals surface area contributed by atoms with E-state index in [0.29, 0.717) is 25.4 Å². The minimum Gasteiger partial charge on any atom is -0.341 e. The van der Waals surface area contributed by atoms with Gasteiger partial charge in [-0.3, -0.25) is 14.5 Å². The summed E-state index contributed by atoms with van der Waals surface area (Å²) in [6.07, 6.45) is 2.82. The molecule has 2 fully saturated rings. The molecule has 2 amide bonds. The first kappa shape index (κ1) is 20.1. The second-order valence-corrected chi connectivity index (χ2v) is 7.49. The maximum atomic E-state index is 12.7. The summed E-state index contributed by atoms with van der Waals surface area (Å²) in [6.45, 7) is 6.41. The third kappa shape index (κ3) is 4.45. The molecule has 6 nitrogen and oxygen atoms in total. The lowest BCUT2D eigenvalue weighted by Gasteiger charge is -2.32. The second-order valence-electron chi connectivity index (χ2n) is 7.49. The number of carbonyl (C=O) groups excluding carboxylic acids is 2. The Balaban J connectivity index is 0.00000210. The Morgan fingerprint density at radius 3 is 2.70 bits per heavy atom. The monoisotopic (exact) mass is 392 g/mol. The van der Waals surface area contributed by atoms with Crippen LogP contribution in [0.1, 0.15) is 24.8 Å². The van der Waals surface area contributed by atoms with E-state index < -0.39 is 0 Å². The molecule has 0 bridgehead atoms. The zero-order chi connectivity index (χ0) is 17.9. The van der Waals surface area contributed by atoms with Crippen LogP contribution in [0.25, 0.3) is 0 Å². The molecule has 3 aliphatic rings. The fourth-order valence-corrected chi connectivity index (χ4v) is 4.42. The predicted octanol–water partition coefficient (Wildman–Crippen LogP) is 1.28. The highest BCUT2D eigenvalue weighted by Crippen LogP contribution is 2.27. The van der Waals surface area contributed by atoms with Gasteiger partial charge in [0.1, 0.15) is 0 Å². The molecule has 0 radical (unpaired) electrons. The standard InChI is InChI=1S/C20H28N4O2.ClH/c25-19(23-11-7-17(15-23)22-13-9-21-10-14-22)8-12-24-18-4-2-1-3-16(18)5-6-20(24)26;/h1-4,17,21H,5-15H2;1H. The normalized spacial score (nSPS) is 23.1. The smallest absolute Gasteiger partial charge is 0.227 e. The number of rotatable bonds is 4. The van der Waals surface area contributed by atoms with Gasteiger partial charge >= 0.3 is 0 Å². The van der Waals surface area contributed by atoms with Crippen molar-refractivity contribution in [3.05, 3.63) is 29.8 Å². The summed E-state index contributed by atoms with van der Waals surface area (Å²) in [6, 6.07) is 8.55. The maximum absolute atomic E-state index is 12.7. The van der Waals surface area contributed by atoms with Crippen molar-refractivity contribution < 1.29 is 9.59 Å². The molecule has 27 heavy (non-hydrogen) atoms. The first-order valence-electron chi connectivity index (χ1n) is 9.83. The quantitative estimate of drug-likeness (QED) is 0.838. The van der Waals surface area contributed by atoms with Crippen LogP contribution in [0.2, 0.25) is 0 Å². The van der Waals surface area contributed by atoms with Crippen molar-refractivity contribution in [2.45, 2.75) is 31.7 Å². The van der Waals surface area contributed by atoms with Gasteiger partial charge in [0, 0.05) is 70.4 Å². The fraction of sp³-hybridized carbons (Fsp3) is 0.600. The van der Waals surface area contributed by atoms with Gasteiger partial charge in [0.25, 0.3) is 0 Å². The number of aryl methyl sites for hydroxylation is 1. The minimum atomic E-state index is 0. The van der Waals surface area contributed by atoms with Crippen LogP contribution in [0, 0.1) is 0 Å². The summed E-state index contributed by atoms with van der Waals surface area (Å²) < 4.78 is 0. The fourth-order valence-electron chi connectivity index (χ4n) is 4.42. The van der Waals surface area contributed by atoms with Gasteiger partial charge in [-0.2, -0.15) is 0 Å². The molecular formula is C20H29ClN4O2. The topological polar surface area (TPSA) is 55.9 Å². The van der Waals surface area contributed by atoms with Crippen LogP contribution in [0.5, 0.6) is 0 Å². The summed E-state index contributed by atoms with van der Waals surface area (Å²) in [5, 5.41) is 3.38. The SMILES string of the molecule is Cl.O=C(CCN1C(=O)CCc2ccccc21)N1CCC(N2CCNCC2)C1. The highest BCUT2D eigenvalue weighted by molar-refractivity contribution is 5.97. The molecule has 3 aliphatic heterocycles. The number of hydrogen-bond donors (Lipinski definition) is 1. The van der Waals surface area contributed by atoms with Gasteiger partial charge in [-0.1, -0.05) is 18.2 Å². The van der Waals surface area contributed by atoms with Crippen LogP contribution >= 0.6 is 12.4 Å². The van der Waals surface area contributed by atoms with E-state index in [1.54, 1.807) is 4.90 Å². The Bertz CT molecular complexity index is 678. The predicted molar refractivity (Wildman–Crippen MR) is 108 cm³/mol. The molecule has 0 aromatic heterocycles. The average Bonchev–Trinajstić information content (AvgIpc) is 3.18. The molecule has 1 aromatic rings. The average molecular weight is 393 g/mol. The Morgan fingerprint density at radius 2 is 1.89 bits per heavy atom. The van der Waals surface area contributed by atoms with Crippen LogP contribution in [0.3, 0.4) is 0 Å². The van der Waals surface area contributed by atoms with Crippen molar-refractivity contribution in [2.24, 2.45) is 0 Å². The number of piperazine rings is 1. The van der Waals surface area contributed by atoms with Crippen LogP contribution < -0.4 is 10.2 Å². The van der Waals surface area contributed by atoms with E-state index in [2.05, 4.69) is 16.3 Å². The third-order valence-corrected chi connectivity index (χ3v) is 5.93. The first-order chi connectivity index (χ1) is 12.7. The molecule has 3 heterocycles. The van der Waals surface area contributed by atoms with Gasteiger partial charge in [-0.05, 0) is 24.5 Å². The number of carbonyl (C=O) groups is 2. The van der Waals surface area contributed by atoms with Gasteiger partial charge < -0.3 is 15.1 Å². The van der Waals surface area contributed by atoms with E-state index in [1.807, 2.05) is 23.1 Å². The number of nitrogens with one attached hydrogen (secondary N) is 1. The van der Waals surface area contributed by atoms with Crippen molar-refractivity contribution in [3.8, 4) is 0 Å². The lowest BCUT2D eigenvalue weighted by Crippen LogP contribution is -2.49.